The maximum atomic E-state index is 2.68. The molecule has 17 rings (SSSR count). The van der Waals surface area contributed by atoms with Crippen molar-refractivity contribution in [3.8, 4) is 33.6 Å². The molecule has 278 valence electrons. The van der Waals surface area contributed by atoms with Gasteiger partial charge in [-0.3, -0.25) is 0 Å². The van der Waals surface area contributed by atoms with Crippen LogP contribution in [0.15, 0.2) is 182 Å². The van der Waals surface area contributed by atoms with Crippen molar-refractivity contribution in [1.29, 1.82) is 0 Å². The van der Waals surface area contributed by atoms with Gasteiger partial charge >= 0.3 is 0 Å². The summed E-state index contributed by atoms with van der Waals surface area (Å²) >= 11 is 0. The van der Waals surface area contributed by atoms with Gasteiger partial charge in [0.05, 0.1) is 22.1 Å². The normalized spacial score (nSPS) is 13.7. The summed E-state index contributed by atoms with van der Waals surface area (Å²) in [5, 5.41) is 15.8. The van der Waals surface area contributed by atoms with E-state index in [9.17, 15) is 0 Å². The predicted molar refractivity (Wildman–Crippen MR) is 265 cm³/mol. The van der Waals surface area contributed by atoms with E-state index in [2.05, 4.69) is 191 Å². The quantitative estimate of drug-likeness (QED) is 0.136. The molecule has 6 heterocycles. The molecule has 2 nitrogen and oxygen atoms in total. The highest BCUT2D eigenvalue weighted by Gasteiger charge is 2.47. The van der Waals surface area contributed by atoms with Gasteiger partial charge in [-0.05, 0) is 118 Å². The lowest BCUT2D eigenvalue weighted by Crippen LogP contribution is -2.58. The maximum Gasteiger partial charge on any atom is 0.248 e. The molecule has 2 aromatic heterocycles. The Morgan fingerprint density at radius 3 is 1.16 bits per heavy atom. The summed E-state index contributed by atoms with van der Waals surface area (Å²) in [6, 6.07) is 69.9. The van der Waals surface area contributed by atoms with Crippen molar-refractivity contribution in [2.75, 3.05) is 0 Å². The lowest BCUT2D eigenvalue weighted by Gasteiger charge is -2.31. The second kappa shape index (κ2) is 10.4. The molecular weight excluding hydrogens is 746 g/mol. The van der Waals surface area contributed by atoms with Crippen molar-refractivity contribution in [1.82, 2.24) is 9.13 Å². The minimum absolute atomic E-state index is 0.110. The van der Waals surface area contributed by atoms with Crippen molar-refractivity contribution in [3.05, 3.63) is 182 Å². The Kier molecular flexibility index (Phi) is 5.21. The number of rotatable bonds is 0. The lowest BCUT2D eigenvalue weighted by molar-refractivity contribution is 1.15. The standard InChI is InChI=1S/C58H30B2N2/c1-3-15-33-27-47-41(25-31(33)13-1)53-37-19-7-5-17-35(37)51-39-21-9-11-23-43(39)59-45-29-46-50(30-49(45)61(47)57(53)55(51)59)62-48-28-34-16-4-2-14-32(34)26-42(48)54-38-20-8-6-18-36(38)52-40-22-10-12-24-44(40)60(46)56(52)58(54)62/h1-30H. The van der Waals surface area contributed by atoms with Crippen LogP contribution in [0.25, 0.3) is 120 Å². The Bertz CT molecular complexity index is 4080. The molecule has 0 amide bonds. The van der Waals surface area contributed by atoms with Gasteiger partial charge in [-0.1, -0.05) is 163 Å². The lowest BCUT2D eigenvalue weighted by atomic mass is 9.34. The molecule has 4 aliphatic heterocycles. The zero-order chi connectivity index (χ0) is 39.7. The first-order valence-corrected chi connectivity index (χ1v) is 22.0. The molecule has 0 saturated heterocycles. The molecule has 0 bridgehead atoms. The molecule has 62 heavy (non-hydrogen) atoms. The Hall–Kier alpha value is -7.81. The van der Waals surface area contributed by atoms with Crippen molar-refractivity contribution in [2.24, 2.45) is 0 Å². The van der Waals surface area contributed by atoms with Crippen molar-refractivity contribution in [2.45, 2.75) is 0 Å². The van der Waals surface area contributed by atoms with Gasteiger partial charge in [0, 0.05) is 32.9 Å². The molecular formula is C58H30B2N2. The van der Waals surface area contributed by atoms with Gasteiger partial charge in [0.15, 0.2) is 0 Å². The van der Waals surface area contributed by atoms with E-state index in [0.717, 1.165) is 0 Å². The highest BCUT2D eigenvalue weighted by Crippen LogP contribution is 2.48. The third-order valence-electron chi connectivity index (χ3n) is 15.6. The molecule has 0 saturated carbocycles. The van der Waals surface area contributed by atoms with Crippen LogP contribution < -0.4 is 32.8 Å². The van der Waals surface area contributed by atoms with Gasteiger partial charge < -0.3 is 9.13 Å². The number of fused-ring (bicyclic) bond motifs is 26. The predicted octanol–water partition coefficient (Wildman–Crippen LogP) is 10.1. The summed E-state index contributed by atoms with van der Waals surface area (Å²) in [7, 11) is 0. The van der Waals surface area contributed by atoms with E-state index in [0.29, 0.717) is 0 Å². The maximum absolute atomic E-state index is 2.68. The van der Waals surface area contributed by atoms with Crippen LogP contribution in [0.4, 0.5) is 0 Å². The molecule has 13 aromatic rings. The van der Waals surface area contributed by atoms with E-state index in [-0.39, 0.29) is 13.4 Å². The minimum Gasteiger partial charge on any atom is -0.310 e. The Morgan fingerprint density at radius 2 is 0.694 bits per heavy atom. The van der Waals surface area contributed by atoms with E-state index in [1.807, 2.05) is 0 Å². The smallest absolute Gasteiger partial charge is 0.248 e. The molecule has 0 fully saturated rings. The van der Waals surface area contributed by atoms with Crippen molar-refractivity contribution < 1.29 is 0 Å². The SMILES string of the molecule is c1ccc2c(c1)B1c3cc4c(cc3-n3c5cc6ccccc6cc5c5c6ccccc6c-2c1c53)-n1c2cc3ccccc3cc2c2c3ccccc3c3c(c21)B4c1ccccc1-3. The first-order valence-electron chi connectivity index (χ1n) is 22.0. The topological polar surface area (TPSA) is 9.86 Å². The molecule has 0 unspecified atom stereocenters. The fourth-order valence-electron chi connectivity index (χ4n) is 13.4. The Morgan fingerprint density at radius 1 is 0.306 bits per heavy atom. The summed E-state index contributed by atoms with van der Waals surface area (Å²) in [5.74, 6) is 0. The van der Waals surface area contributed by atoms with Gasteiger partial charge in [-0.15, -0.1) is 0 Å². The molecule has 0 aliphatic carbocycles. The number of hydrogen-bond acceptors (Lipinski definition) is 0. The van der Waals surface area contributed by atoms with E-state index in [1.54, 1.807) is 0 Å². The third kappa shape index (κ3) is 3.35. The first-order chi connectivity index (χ1) is 30.8. The van der Waals surface area contributed by atoms with Gasteiger partial charge in [0.1, 0.15) is 0 Å². The van der Waals surface area contributed by atoms with E-state index in [1.165, 1.54) is 153 Å². The average Bonchev–Trinajstić information content (AvgIpc) is 4.06. The number of aromatic nitrogens is 2. The van der Waals surface area contributed by atoms with Gasteiger partial charge in [-0.25, -0.2) is 0 Å². The Labute approximate surface area is 356 Å². The molecule has 4 aliphatic rings. The second-order valence-electron chi connectivity index (χ2n) is 18.2. The molecule has 0 N–H and O–H groups in total. The number of benzene rings is 11. The molecule has 4 heteroatoms. The Balaban J connectivity index is 1.12. The number of hydrogen-bond donors (Lipinski definition) is 0. The zero-order valence-electron chi connectivity index (χ0n) is 33.4. The molecule has 11 aromatic carbocycles. The van der Waals surface area contributed by atoms with Crippen LogP contribution in [0.3, 0.4) is 0 Å². The van der Waals surface area contributed by atoms with Crippen molar-refractivity contribution in [3.63, 3.8) is 0 Å². The van der Waals surface area contributed by atoms with Crippen molar-refractivity contribution >= 4 is 133 Å². The van der Waals surface area contributed by atoms with Gasteiger partial charge in [0.25, 0.3) is 0 Å². The second-order valence-corrected chi connectivity index (χ2v) is 18.2. The van der Waals surface area contributed by atoms with Crippen LogP contribution in [-0.4, -0.2) is 22.6 Å². The fourth-order valence-corrected chi connectivity index (χ4v) is 13.4. The van der Waals surface area contributed by atoms with Crippen LogP contribution >= 0.6 is 0 Å². The zero-order valence-corrected chi connectivity index (χ0v) is 33.4. The highest BCUT2D eigenvalue weighted by molar-refractivity contribution is 7.04. The van der Waals surface area contributed by atoms with Crippen LogP contribution in [0.2, 0.25) is 0 Å². The highest BCUT2D eigenvalue weighted by atomic mass is 15.0. The molecule has 0 radical (unpaired) electrons. The number of nitrogens with zero attached hydrogens (tertiary/aromatic N) is 2. The summed E-state index contributed by atoms with van der Waals surface area (Å²) in [6.07, 6.45) is 0. The van der Waals surface area contributed by atoms with Crippen LogP contribution in [0.1, 0.15) is 0 Å². The first kappa shape index (κ1) is 31.1. The largest absolute Gasteiger partial charge is 0.310 e. The summed E-state index contributed by atoms with van der Waals surface area (Å²) in [4.78, 5) is 0. The fraction of sp³-hybridized carbons (Fsp3) is 0. The van der Waals surface area contributed by atoms with E-state index >= 15 is 0 Å². The minimum atomic E-state index is 0.110. The summed E-state index contributed by atoms with van der Waals surface area (Å²) < 4.78 is 5.37. The van der Waals surface area contributed by atoms with Crippen LogP contribution in [-0.2, 0) is 0 Å². The monoisotopic (exact) mass is 776 g/mol. The summed E-state index contributed by atoms with van der Waals surface area (Å²) in [5.41, 5.74) is 22.0. The van der Waals surface area contributed by atoms with E-state index < -0.39 is 0 Å². The molecule has 0 atom stereocenters. The van der Waals surface area contributed by atoms with E-state index in [4.69, 9.17) is 0 Å². The average molecular weight is 777 g/mol. The third-order valence-corrected chi connectivity index (χ3v) is 15.6. The van der Waals surface area contributed by atoms with Crippen LogP contribution in [0, 0.1) is 0 Å². The van der Waals surface area contributed by atoms with Gasteiger partial charge in [-0.2, -0.15) is 0 Å². The molecule has 0 spiro atoms. The van der Waals surface area contributed by atoms with Gasteiger partial charge in [0.2, 0.25) is 13.4 Å². The summed E-state index contributed by atoms with van der Waals surface area (Å²) in [6.45, 7) is 0.221. The van der Waals surface area contributed by atoms with Crippen LogP contribution in [0.5, 0.6) is 0 Å².